The van der Waals surface area contributed by atoms with Gasteiger partial charge in [-0.05, 0) is 42.2 Å². The number of non-ortho nitro benzene ring substituents is 1. The molecular formula is C28H27N3O8S. The molecule has 12 heteroatoms. The van der Waals surface area contributed by atoms with Crippen molar-refractivity contribution in [1.82, 2.24) is 4.57 Å². The van der Waals surface area contributed by atoms with Crippen LogP contribution in [-0.2, 0) is 14.3 Å². The van der Waals surface area contributed by atoms with Crippen molar-refractivity contribution < 1.29 is 28.7 Å². The Labute approximate surface area is 232 Å². The Morgan fingerprint density at radius 1 is 1.20 bits per heavy atom. The van der Waals surface area contributed by atoms with E-state index in [1.54, 1.807) is 31.2 Å². The molecule has 0 N–H and O–H groups in total. The monoisotopic (exact) mass is 565 g/mol. The molecule has 1 aliphatic rings. The van der Waals surface area contributed by atoms with Gasteiger partial charge in [0.15, 0.2) is 16.3 Å². The Kier molecular flexibility index (Phi) is 8.29. The van der Waals surface area contributed by atoms with Crippen molar-refractivity contribution in [2.24, 2.45) is 10.9 Å². The molecule has 0 radical (unpaired) electrons. The maximum absolute atomic E-state index is 13.8. The van der Waals surface area contributed by atoms with E-state index in [9.17, 15) is 24.5 Å². The smallest absolute Gasteiger partial charge is 0.338 e. The van der Waals surface area contributed by atoms with Gasteiger partial charge in [0, 0.05) is 19.1 Å². The average Bonchev–Trinajstić information content (AvgIpc) is 3.20. The van der Waals surface area contributed by atoms with Gasteiger partial charge in [0.1, 0.15) is 0 Å². The molecule has 0 fully saturated rings. The summed E-state index contributed by atoms with van der Waals surface area (Å²) in [5.74, 6) is -0.648. The summed E-state index contributed by atoms with van der Waals surface area (Å²) in [7, 11) is 1.41. The third-order valence-corrected chi connectivity index (χ3v) is 6.91. The first kappa shape index (κ1) is 28.4. The maximum atomic E-state index is 13.8. The van der Waals surface area contributed by atoms with E-state index in [4.69, 9.17) is 14.2 Å². The number of esters is 2. The summed E-state index contributed by atoms with van der Waals surface area (Å²) in [6.45, 7) is 6.93. The molecule has 0 bridgehead atoms. The Balaban J connectivity index is 1.93. The van der Waals surface area contributed by atoms with Gasteiger partial charge in [0.25, 0.3) is 11.2 Å². The van der Waals surface area contributed by atoms with Crippen LogP contribution in [0.5, 0.6) is 11.5 Å². The zero-order chi connectivity index (χ0) is 29.1. The van der Waals surface area contributed by atoms with Gasteiger partial charge in [-0.2, -0.15) is 0 Å². The van der Waals surface area contributed by atoms with Gasteiger partial charge in [0.2, 0.25) is 0 Å². The van der Waals surface area contributed by atoms with E-state index >= 15 is 0 Å². The third kappa shape index (κ3) is 5.86. The van der Waals surface area contributed by atoms with Gasteiger partial charge in [-0.3, -0.25) is 24.3 Å². The van der Waals surface area contributed by atoms with Crippen LogP contribution in [0.1, 0.15) is 44.9 Å². The molecule has 208 valence electrons. The lowest BCUT2D eigenvalue weighted by molar-refractivity contribution is -0.384. The first-order chi connectivity index (χ1) is 19.0. The molecule has 0 saturated heterocycles. The SMILES string of the molecule is COc1cc([C@@H]2C(C(=O)OCC(C)C)=C(C)N=c3s/c(=C/c4cccc([N+](=O)[O-])c4)c(=O)n32)ccc1OC(C)=O. The largest absolute Gasteiger partial charge is 0.493 e. The van der Waals surface area contributed by atoms with Crippen LogP contribution in [0.3, 0.4) is 0 Å². The van der Waals surface area contributed by atoms with Gasteiger partial charge in [-0.1, -0.05) is 43.4 Å². The fourth-order valence-electron chi connectivity index (χ4n) is 4.19. The van der Waals surface area contributed by atoms with Crippen molar-refractivity contribution >= 4 is 35.0 Å². The number of ether oxygens (including phenoxy) is 3. The highest BCUT2D eigenvalue weighted by Gasteiger charge is 2.34. The molecule has 3 aromatic rings. The second-order valence-electron chi connectivity index (χ2n) is 9.43. The molecule has 1 aromatic heterocycles. The number of carbonyl (C=O) groups excluding carboxylic acids is 2. The summed E-state index contributed by atoms with van der Waals surface area (Å²) in [6, 6.07) is 9.75. The van der Waals surface area contributed by atoms with Crippen molar-refractivity contribution in [3.8, 4) is 11.5 Å². The summed E-state index contributed by atoms with van der Waals surface area (Å²) in [5, 5.41) is 11.2. The number of allylic oxidation sites excluding steroid dienone is 1. The number of methoxy groups -OCH3 is 1. The number of rotatable bonds is 8. The Hall–Kier alpha value is -4.58. The Bertz CT molecular complexity index is 1720. The molecule has 4 rings (SSSR count). The number of thiazole rings is 1. The van der Waals surface area contributed by atoms with E-state index in [0.717, 1.165) is 11.3 Å². The van der Waals surface area contributed by atoms with E-state index in [1.165, 1.54) is 42.9 Å². The number of nitro benzene ring substituents is 1. The average molecular weight is 566 g/mol. The van der Waals surface area contributed by atoms with E-state index in [2.05, 4.69) is 4.99 Å². The lowest BCUT2D eigenvalue weighted by Crippen LogP contribution is -2.40. The molecule has 11 nitrogen and oxygen atoms in total. The number of hydrogen-bond acceptors (Lipinski definition) is 10. The van der Waals surface area contributed by atoms with Crippen molar-refractivity contribution in [2.75, 3.05) is 13.7 Å². The zero-order valence-electron chi connectivity index (χ0n) is 22.5. The van der Waals surface area contributed by atoms with Gasteiger partial charge >= 0.3 is 11.9 Å². The fraction of sp³-hybridized carbons (Fsp3) is 0.286. The third-order valence-electron chi connectivity index (χ3n) is 5.93. The minimum absolute atomic E-state index is 0.0857. The Morgan fingerprint density at radius 2 is 1.95 bits per heavy atom. The number of hydrogen-bond donors (Lipinski definition) is 0. The molecule has 2 aromatic carbocycles. The van der Waals surface area contributed by atoms with Crippen LogP contribution in [0.25, 0.3) is 6.08 Å². The highest BCUT2D eigenvalue weighted by atomic mass is 32.1. The number of fused-ring (bicyclic) bond motifs is 1. The number of nitrogens with zero attached hydrogens (tertiary/aromatic N) is 3. The summed E-state index contributed by atoms with van der Waals surface area (Å²) in [4.78, 5) is 54.3. The standard InChI is InChI=1S/C28H27N3O8S/c1-15(2)14-38-27(34)24-16(3)29-28-30(25(24)19-9-10-21(39-17(4)32)22(13-19)37-5)26(33)23(40-28)12-18-7-6-8-20(11-18)31(35)36/h6-13,15,25H,14H2,1-5H3/b23-12+/t25-/m1/s1. The second kappa shape index (κ2) is 11.7. The molecule has 2 heterocycles. The summed E-state index contributed by atoms with van der Waals surface area (Å²) in [6.07, 6.45) is 1.55. The molecule has 40 heavy (non-hydrogen) atoms. The van der Waals surface area contributed by atoms with Gasteiger partial charge in [0.05, 0.1) is 40.5 Å². The molecule has 0 amide bonds. The molecule has 0 unspecified atom stereocenters. The highest BCUT2D eigenvalue weighted by molar-refractivity contribution is 7.07. The Morgan fingerprint density at radius 3 is 2.60 bits per heavy atom. The van der Waals surface area contributed by atoms with E-state index in [0.29, 0.717) is 21.6 Å². The molecule has 0 aliphatic carbocycles. The predicted octanol–water partition coefficient (Wildman–Crippen LogP) is 3.28. The normalized spacial score (nSPS) is 14.9. The first-order valence-electron chi connectivity index (χ1n) is 12.3. The molecule has 1 aliphatic heterocycles. The van der Waals surface area contributed by atoms with Crippen LogP contribution in [0.4, 0.5) is 5.69 Å². The molecular weight excluding hydrogens is 538 g/mol. The van der Waals surface area contributed by atoms with Crippen molar-refractivity contribution in [1.29, 1.82) is 0 Å². The van der Waals surface area contributed by atoms with Gasteiger partial charge in [-0.15, -0.1) is 0 Å². The minimum atomic E-state index is -0.927. The fourth-order valence-corrected chi connectivity index (χ4v) is 5.24. The highest BCUT2D eigenvalue weighted by Crippen LogP contribution is 2.36. The molecule has 0 saturated carbocycles. The summed E-state index contributed by atoms with van der Waals surface area (Å²) in [5.41, 5.74) is 0.981. The van der Waals surface area contributed by atoms with Crippen LogP contribution in [0, 0.1) is 16.0 Å². The van der Waals surface area contributed by atoms with Gasteiger partial charge in [-0.25, -0.2) is 9.79 Å². The van der Waals surface area contributed by atoms with E-state index in [-0.39, 0.29) is 39.8 Å². The van der Waals surface area contributed by atoms with Gasteiger partial charge < -0.3 is 14.2 Å². The lowest BCUT2D eigenvalue weighted by Gasteiger charge is -2.25. The second-order valence-corrected chi connectivity index (χ2v) is 10.4. The van der Waals surface area contributed by atoms with Crippen LogP contribution in [0.2, 0.25) is 0 Å². The molecule has 1 atom stereocenters. The lowest BCUT2D eigenvalue weighted by atomic mass is 9.95. The number of nitro groups is 1. The van der Waals surface area contributed by atoms with Crippen LogP contribution >= 0.6 is 11.3 Å². The predicted molar refractivity (Wildman–Crippen MR) is 147 cm³/mol. The summed E-state index contributed by atoms with van der Waals surface area (Å²) < 4.78 is 17.9. The maximum Gasteiger partial charge on any atom is 0.338 e. The van der Waals surface area contributed by atoms with Crippen molar-refractivity contribution in [3.63, 3.8) is 0 Å². The van der Waals surface area contributed by atoms with E-state index < -0.39 is 28.5 Å². The van der Waals surface area contributed by atoms with Crippen molar-refractivity contribution in [2.45, 2.75) is 33.7 Å². The molecule has 0 spiro atoms. The van der Waals surface area contributed by atoms with Crippen LogP contribution in [0.15, 0.2) is 63.5 Å². The van der Waals surface area contributed by atoms with Crippen LogP contribution in [-0.4, -0.2) is 35.1 Å². The van der Waals surface area contributed by atoms with Crippen LogP contribution < -0.4 is 24.4 Å². The quantitative estimate of drug-likeness (QED) is 0.176. The number of carbonyl (C=O) groups is 2. The van der Waals surface area contributed by atoms with E-state index in [1.807, 2.05) is 13.8 Å². The topological polar surface area (TPSA) is 139 Å². The zero-order valence-corrected chi connectivity index (χ0v) is 23.3. The number of aromatic nitrogens is 1. The minimum Gasteiger partial charge on any atom is -0.493 e. The summed E-state index contributed by atoms with van der Waals surface area (Å²) >= 11 is 1.10. The van der Waals surface area contributed by atoms with Crippen molar-refractivity contribution in [3.05, 3.63) is 94.7 Å². The number of benzene rings is 2. The first-order valence-corrected chi connectivity index (χ1v) is 13.1.